The molecular weight excluding hydrogens is 505 g/mol. The Bertz CT molecular complexity index is 1290. The molecule has 11 heteroatoms. The number of allylic oxidation sites excluding steroid dienone is 1. The molecule has 0 spiro atoms. The quantitative estimate of drug-likeness (QED) is 0.395. The molecule has 2 aromatic heterocycles. The summed E-state index contributed by atoms with van der Waals surface area (Å²) in [5, 5.41) is 4.70. The van der Waals surface area contributed by atoms with Crippen LogP contribution in [0.4, 0.5) is 11.8 Å². The van der Waals surface area contributed by atoms with Gasteiger partial charge in [-0.05, 0) is 12.1 Å². The topological polar surface area (TPSA) is 98.7 Å². The van der Waals surface area contributed by atoms with Crippen LogP contribution in [0, 0.1) is 5.92 Å². The Kier molecular flexibility index (Phi) is 7.82. The summed E-state index contributed by atoms with van der Waals surface area (Å²) in [4.78, 5) is 27.8. The van der Waals surface area contributed by atoms with E-state index in [-0.39, 0.29) is 17.7 Å². The smallest absolute Gasteiger partial charge is 0.223 e. The number of hydrogen-bond donors (Lipinski definition) is 1. The maximum Gasteiger partial charge on any atom is 0.223 e. The number of carbonyl (C=O) groups is 1. The SMILES string of the molecule is C=CC(=O)C[C@H]1COC[C@H]1Nc1ncc2cc(-c3c(Cl)c(OC)cc(OC)c3Cl)nc(N(C)C)c2n1. The van der Waals surface area contributed by atoms with E-state index >= 15 is 0 Å². The van der Waals surface area contributed by atoms with Gasteiger partial charge in [0.05, 0.1) is 49.2 Å². The van der Waals surface area contributed by atoms with Gasteiger partial charge in [0.25, 0.3) is 0 Å². The van der Waals surface area contributed by atoms with Gasteiger partial charge in [0, 0.05) is 49.6 Å². The van der Waals surface area contributed by atoms with Crippen molar-refractivity contribution in [2.24, 2.45) is 5.92 Å². The van der Waals surface area contributed by atoms with E-state index in [0.717, 1.165) is 5.39 Å². The fraction of sp³-hybridized carbons (Fsp3) is 0.360. The van der Waals surface area contributed by atoms with E-state index in [1.165, 1.54) is 20.3 Å². The summed E-state index contributed by atoms with van der Waals surface area (Å²) in [5.41, 5.74) is 1.65. The maximum absolute atomic E-state index is 11.9. The van der Waals surface area contributed by atoms with E-state index < -0.39 is 0 Å². The van der Waals surface area contributed by atoms with Gasteiger partial charge in [-0.3, -0.25) is 4.79 Å². The van der Waals surface area contributed by atoms with Crippen LogP contribution in [0.5, 0.6) is 11.5 Å². The fourth-order valence-electron chi connectivity index (χ4n) is 4.11. The van der Waals surface area contributed by atoms with Crippen molar-refractivity contribution in [3.63, 3.8) is 0 Å². The molecule has 1 aromatic carbocycles. The number of methoxy groups -OCH3 is 2. The number of nitrogens with zero attached hydrogens (tertiary/aromatic N) is 4. The number of carbonyl (C=O) groups excluding carboxylic acids is 1. The molecule has 1 N–H and O–H groups in total. The number of halogens is 2. The van der Waals surface area contributed by atoms with Crippen LogP contribution in [0.2, 0.25) is 10.0 Å². The molecule has 0 aliphatic carbocycles. The zero-order valence-electron chi connectivity index (χ0n) is 20.5. The largest absolute Gasteiger partial charge is 0.495 e. The van der Waals surface area contributed by atoms with E-state index in [1.54, 1.807) is 12.3 Å². The number of pyridine rings is 1. The van der Waals surface area contributed by atoms with Crippen LogP contribution >= 0.6 is 23.2 Å². The molecule has 9 nitrogen and oxygen atoms in total. The van der Waals surface area contributed by atoms with Crippen molar-refractivity contribution in [2.75, 3.05) is 51.7 Å². The summed E-state index contributed by atoms with van der Waals surface area (Å²) < 4.78 is 16.4. The first kappa shape index (κ1) is 25.9. The molecule has 1 saturated heterocycles. The lowest BCUT2D eigenvalue weighted by Gasteiger charge is -2.20. The molecule has 0 unspecified atom stereocenters. The van der Waals surface area contributed by atoms with Gasteiger partial charge < -0.3 is 24.4 Å². The third kappa shape index (κ3) is 5.04. The highest BCUT2D eigenvalue weighted by Crippen LogP contribution is 2.46. The summed E-state index contributed by atoms with van der Waals surface area (Å²) in [7, 11) is 6.79. The number of anilines is 2. The van der Waals surface area contributed by atoms with Crippen LogP contribution < -0.4 is 19.7 Å². The predicted molar refractivity (Wildman–Crippen MR) is 142 cm³/mol. The lowest BCUT2D eigenvalue weighted by atomic mass is 9.97. The molecule has 4 rings (SSSR count). The van der Waals surface area contributed by atoms with Crippen molar-refractivity contribution in [1.82, 2.24) is 15.0 Å². The number of aromatic nitrogens is 3. The van der Waals surface area contributed by atoms with E-state index in [1.807, 2.05) is 25.1 Å². The molecule has 3 heterocycles. The molecule has 1 fully saturated rings. The van der Waals surface area contributed by atoms with Gasteiger partial charge in [0.15, 0.2) is 11.6 Å². The summed E-state index contributed by atoms with van der Waals surface area (Å²) >= 11 is 13.3. The predicted octanol–water partition coefficient (Wildman–Crippen LogP) is 4.65. The standard InChI is InChI=1S/C25H27Cl2N5O4/c1-6-15(33)7-14-11-36-12-17(14)30-25-28-10-13-8-16(29-24(32(2)3)23(13)31-25)20-21(26)18(34-4)9-19(35-5)22(20)27/h6,8-10,14,17H,1,7,11-12H2,2-5H3,(H,28,30,31)/t14-,17+/m0/s1. The number of fused-ring (bicyclic) bond motifs is 1. The Hall–Kier alpha value is -3.14. The highest BCUT2D eigenvalue weighted by molar-refractivity contribution is 6.41. The molecule has 190 valence electrons. The lowest BCUT2D eigenvalue weighted by molar-refractivity contribution is -0.115. The average molecular weight is 532 g/mol. The molecule has 0 bridgehead atoms. The Balaban J connectivity index is 1.76. The van der Waals surface area contributed by atoms with E-state index in [4.69, 9.17) is 47.4 Å². The number of ether oxygens (including phenoxy) is 3. The van der Waals surface area contributed by atoms with Crippen LogP contribution in [0.15, 0.2) is 31.0 Å². The van der Waals surface area contributed by atoms with Gasteiger partial charge in [0.2, 0.25) is 5.95 Å². The second kappa shape index (κ2) is 10.9. The molecule has 3 aromatic rings. The van der Waals surface area contributed by atoms with Crippen molar-refractivity contribution >= 4 is 51.7 Å². The Labute approximate surface area is 219 Å². The monoisotopic (exact) mass is 531 g/mol. The lowest BCUT2D eigenvalue weighted by Crippen LogP contribution is -2.30. The summed E-state index contributed by atoms with van der Waals surface area (Å²) in [6.45, 7) is 4.51. The highest BCUT2D eigenvalue weighted by Gasteiger charge is 2.30. The third-order valence-electron chi connectivity index (χ3n) is 6.00. The number of rotatable bonds is 9. The number of hydrogen-bond acceptors (Lipinski definition) is 9. The molecule has 0 radical (unpaired) electrons. The van der Waals surface area contributed by atoms with Gasteiger partial charge >= 0.3 is 0 Å². The molecule has 1 aliphatic heterocycles. The van der Waals surface area contributed by atoms with Crippen LogP contribution in [-0.2, 0) is 9.53 Å². The minimum atomic E-state index is -0.0942. The Morgan fingerprint density at radius 2 is 1.89 bits per heavy atom. The van der Waals surface area contributed by atoms with Crippen LogP contribution in [0.3, 0.4) is 0 Å². The maximum atomic E-state index is 11.9. The zero-order valence-corrected chi connectivity index (χ0v) is 22.0. The fourth-order valence-corrected chi connectivity index (χ4v) is 4.80. The first-order valence-corrected chi connectivity index (χ1v) is 12.0. The molecule has 2 atom stereocenters. The first-order valence-electron chi connectivity index (χ1n) is 11.2. The van der Waals surface area contributed by atoms with Crippen molar-refractivity contribution in [1.29, 1.82) is 0 Å². The third-order valence-corrected chi connectivity index (χ3v) is 6.76. The van der Waals surface area contributed by atoms with Gasteiger partial charge in [-0.1, -0.05) is 29.8 Å². The van der Waals surface area contributed by atoms with Crippen LogP contribution in [-0.4, -0.2) is 68.3 Å². The molecule has 0 amide bonds. The molecule has 1 aliphatic rings. The minimum absolute atomic E-state index is 0.0101. The van der Waals surface area contributed by atoms with E-state index in [0.29, 0.717) is 69.7 Å². The van der Waals surface area contributed by atoms with Gasteiger partial charge in [-0.25, -0.2) is 15.0 Å². The van der Waals surface area contributed by atoms with Crippen LogP contribution in [0.1, 0.15) is 6.42 Å². The number of nitrogens with one attached hydrogen (secondary N) is 1. The second-order valence-corrected chi connectivity index (χ2v) is 9.32. The number of ketones is 1. The molecular formula is C25H27Cl2N5O4. The van der Waals surface area contributed by atoms with Crippen molar-refractivity contribution < 1.29 is 19.0 Å². The zero-order chi connectivity index (χ0) is 26.0. The van der Waals surface area contributed by atoms with E-state index in [2.05, 4.69) is 16.9 Å². The Morgan fingerprint density at radius 1 is 1.19 bits per heavy atom. The first-order chi connectivity index (χ1) is 17.3. The van der Waals surface area contributed by atoms with E-state index in [9.17, 15) is 4.79 Å². The Morgan fingerprint density at radius 3 is 2.50 bits per heavy atom. The molecule has 36 heavy (non-hydrogen) atoms. The number of benzene rings is 1. The summed E-state index contributed by atoms with van der Waals surface area (Å²) in [5.74, 6) is 1.85. The van der Waals surface area contributed by atoms with Crippen molar-refractivity contribution in [2.45, 2.75) is 12.5 Å². The average Bonchev–Trinajstić information content (AvgIpc) is 3.29. The minimum Gasteiger partial charge on any atom is -0.495 e. The van der Waals surface area contributed by atoms with Gasteiger partial charge in [-0.2, -0.15) is 0 Å². The summed E-state index contributed by atoms with van der Waals surface area (Å²) in [6.07, 6.45) is 3.40. The normalized spacial score (nSPS) is 17.2. The van der Waals surface area contributed by atoms with Gasteiger partial charge in [-0.15, -0.1) is 0 Å². The second-order valence-electron chi connectivity index (χ2n) is 8.56. The van der Waals surface area contributed by atoms with Gasteiger partial charge in [0.1, 0.15) is 17.0 Å². The summed E-state index contributed by atoms with van der Waals surface area (Å²) in [6, 6.07) is 3.36. The van der Waals surface area contributed by atoms with Crippen molar-refractivity contribution in [3.05, 3.63) is 41.0 Å². The highest BCUT2D eigenvalue weighted by atomic mass is 35.5. The van der Waals surface area contributed by atoms with Crippen molar-refractivity contribution in [3.8, 4) is 22.8 Å². The van der Waals surface area contributed by atoms with Crippen LogP contribution in [0.25, 0.3) is 22.2 Å². The molecule has 0 saturated carbocycles.